The third-order valence-electron chi connectivity index (χ3n) is 4.68. The van der Waals surface area contributed by atoms with Crippen LogP contribution in [-0.2, 0) is 4.74 Å². The second-order valence-electron chi connectivity index (χ2n) is 6.94. The number of nitro benzene ring substituents is 1. The average molecular weight is 472 g/mol. The zero-order valence-electron chi connectivity index (χ0n) is 17.2. The van der Waals surface area contributed by atoms with Gasteiger partial charge in [-0.25, -0.2) is 13.9 Å². The van der Waals surface area contributed by atoms with Gasteiger partial charge in [0, 0.05) is 17.7 Å². The molecule has 0 amide bonds. The predicted octanol–water partition coefficient (Wildman–Crippen LogP) is 4.85. The molecule has 33 heavy (non-hydrogen) atoms. The van der Waals surface area contributed by atoms with Gasteiger partial charge < -0.3 is 9.15 Å². The number of halogens is 2. The fourth-order valence-corrected chi connectivity index (χ4v) is 3.34. The lowest BCUT2D eigenvalue weighted by Gasteiger charge is -2.09. The van der Waals surface area contributed by atoms with Crippen molar-refractivity contribution in [3.63, 3.8) is 0 Å². The highest BCUT2D eigenvalue weighted by Gasteiger charge is 2.26. The van der Waals surface area contributed by atoms with E-state index in [0.29, 0.717) is 16.9 Å². The molecule has 0 spiro atoms. The Kier molecular flexibility index (Phi) is 5.88. The second-order valence-corrected chi connectivity index (χ2v) is 7.29. The lowest BCUT2D eigenvalue weighted by Crippen LogP contribution is -2.10. The van der Waals surface area contributed by atoms with Crippen molar-refractivity contribution in [3.8, 4) is 17.1 Å². The first-order chi connectivity index (χ1) is 15.7. The Hall–Kier alpha value is -4.12. The van der Waals surface area contributed by atoms with Gasteiger partial charge in [0.2, 0.25) is 5.89 Å². The molecule has 0 saturated heterocycles. The van der Waals surface area contributed by atoms with Gasteiger partial charge in [0.05, 0.1) is 16.3 Å². The number of hydrogen-bond donors (Lipinski definition) is 0. The van der Waals surface area contributed by atoms with Crippen LogP contribution in [0.15, 0.2) is 52.9 Å². The number of non-ortho nitro benzene ring substituents is 1. The number of carbonyl (C=O) groups is 1. The first kappa shape index (κ1) is 22.1. The van der Waals surface area contributed by atoms with E-state index in [2.05, 4.69) is 15.3 Å². The number of rotatable bonds is 6. The van der Waals surface area contributed by atoms with Gasteiger partial charge in [-0.3, -0.25) is 10.1 Å². The Morgan fingerprint density at radius 3 is 2.48 bits per heavy atom. The van der Waals surface area contributed by atoms with Crippen molar-refractivity contribution < 1.29 is 23.3 Å². The van der Waals surface area contributed by atoms with Gasteiger partial charge in [-0.1, -0.05) is 11.6 Å². The number of aryl methyl sites for hydroxylation is 1. The molecule has 0 aliphatic heterocycles. The normalized spacial score (nSPS) is 11.9. The van der Waals surface area contributed by atoms with Gasteiger partial charge in [-0.05, 0) is 50.2 Å². The maximum Gasteiger partial charge on any atom is 0.344 e. The number of hydrogen-bond acceptors (Lipinski definition) is 8. The standard InChI is InChI=1S/C21H15ClFN5O5/c1-11-17(18(22)27(26-11)15-9-5-14(23)6-10-15)21(29)32-12(2)19-24-25-20(33-19)13-3-7-16(8-4-13)28(30)31/h3-10,12H,1-2H3/t12-/m1/s1. The van der Waals surface area contributed by atoms with Crippen LogP contribution >= 0.6 is 11.6 Å². The third kappa shape index (κ3) is 4.44. The van der Waals surface area contributed by atoms with Crippen LogP contribution in [0.1, 0.15) is 35.0 Å². The highest BCUT2D eigenvalue weighted by Crippen LogP contribution is 2.28. The molecule has 0 N–H and O–H groups in total. The Balaban J connectivity index is 1.51. The van der Waals surface area contributed by atoms with Crippen LogP contribution in [0.5, 0.6) is 0 Å². The van der Waals surface area contributed by atoms with Crippen LogP contribution in [0.4, 0.5) is 10.1 Å². The molecule has 10 nitrogen and oxygen atoms in total. The van der Waals surface area contributed by atoms with Crippen LogP contribution in [0.25, 0.3) is 17.1 Å². The molecule has 0 bridgehead atoms. The molecule has 2 aromatic carbocycles. The van der Waals surface area contributed by atoms with Crippen LogP contribution < -0.4 is 0 Å². The summed E-state index contributed by atoms with van der Waals surface area (Å²) in [5.41, 5.74) is 1.23. The Bertz CT molecular complexity index is 1330. The van der Waals surface area contributed by atoms with E-state index >= 15 is 0 Å². The SMILES string of the molecule is Cc1nn(-c2ccc(F)cc2)c(Cl)c1C(=O)O[C@H](C)c1nnc(-c2ccc([N+](=O)[O-])cc2)o1. The minimum absolute atomic E-state index is 0.00778. The maximum atomic E-state index is 13.2. The van der Waals surface area contributed by atoms with Crippen molar-refractivity contribution in [2.45, 2.75) is 20.0 Å². The van der Waals surface area contributed by atoms with Crippen molar-refractivity contribution in [2.75, 3.05) is 0 Å². The summed E-state index contributed by atoms with van der Waals surface area (Å²) in [6.07, 6.45) is -0.915. The van der Waals surface area contributed by atoms with E-state index in [1.807, 2.05) is 0 Å². The van der Waals surface area contributed by atoms with Gasteiger partial charge in [-0.2, -0.15) is 5.10 Å². The van der Waals surface area contributed by atoms with Crippen molar-refractivity contribution in [1.29, 1.82) is 0 Å². The van der Waals surface area contributed by atoms with Crippen molar-refractivity contribution in [3.05, 3.63) is 86.8 Å². The minimum atomic E-state index is -0.915. The zero-order valence-corrected chi connectivity index (χ0v) is 18.0. The van der Waals surface area contributed by atoms with E-state index in [1.54, 1.807) is 13.8 Å². The van der Waals surface area contributed by atoms with E-state index in [-0.39, 0.29) is 28.2 Å². The monoisotopic (exact) mass is 471 g/mol. The predicted molar refractivity (Wildman–Crippen MR) is 113 cm³/mol. The number of aromatic nitrogens is 4. The smallest absolute Gasteiger partial charge is 0.344 e. The van der Waals surface area contributed by atoms with E-state index < -0.39 is 22.8 Å². The summed E-state index contributed by atoms with van der Waals surface area (Å²) in [4.78, 5) is 23.0. The molecule has 12 heteroatoms. The fourth-order valence-electron chi connectivity index (χ4n) is 3.00. The van der Waals surface area contributed by atoms with Gasteiger partial charge in [-0.15, -0.1) is 10.2 Å². The minimum Gasteiger partial charge on any atom is -0.449 e. The van der Waals surface area contributed by atoms with Crippen LogP contribution in [0, 0.1) is 22.9 Å². The first-order valence-electron chi connectivity index (χ1n) is 9.55. The first-order valence-corrected chi connectivity index (χ1v) is 9.92. The maximum absolute atomic E-state index is 13.2. The molecule has 2 heterocycles. The van der Waals surface area contributed by atoms with E-state index in [4.69, 9.17) is 20.8 Å². The van der Waals surface area contributed by atoms with Gasteiger partial charge >= 0.3 is 5.97 Å². The Morgan fingerprint density at radius 2 is 1.85 bits per heavy atom. The van der Waals surface area contributed by atoms with Crippen LogP contribution in [0.2, 0.25) is 5.15 Å². The number of benzene rings is 2. The lowest BCUT2D eigenvalue weighted by molar-refractivity contribution is -0.384. The van der Waals surface area contributed by atoms with Crippen molar-refractivity contribution >= 4 is 23.3 Å². The highest BCUT2D eigenvalue weighted by molar-refractivity contribution is 6.33. The third-order valence-corrected chi connectivity index (χ3v) is 5.03. The zero-order chi connectivity index (χ0) is 23.7. The molecular formula is C21H15ClFN5O5. The summed E-state index contributed by atoms with van der Waals surface area (Å²) < 4.78 is 25.5. The summed E-state index contributed by atoms with van der Waals surface area (Å²) in [6, 6.07) is 11.0. The van der Waals surface area contributed by atoms with Gasteiger partial charge in [0.15, 0.2) is 6.10 Å². The molecule has 168 valence electrons. The summed E-state index contributed by atoms with van der Waals surface area (Å²) in [5, 5.41) is 22.8. The Labute approximate surface area is 190 Å². The molecule has 0 aliphatic rings. The number of nitro groups is 1. The van der Waals surface area contributed by atoms with E-state index in [9.17, 15) is 19.3 Å². The summed E-state index contributed by atoms with van der Waals surface area (Å²) >= 11 is 6.35. The molecule has 4 aromatic rings. The summed E-state index contributed by atoms with van der Waals surface area (Å²) in [7, 11) is 0. The number of ether oxygens (including phenoxy) is 1. The van der Waals surface area contributed by atoms with E-state index in [0.717, 1.165) is 0 Å². The number of carbonyl (C=O) groups excluding carboxylic acids is 1. The van der Waals surface area contributed by atoms with Crippen LogP contribution in [0.3, 0.4) is 0 Å². The topological polar surface area (TPSA) is 126 Å². The lowest BCUT2D eigenvalue weighted by atomic mass is 10.2. The molecule has 0 fully saturated rings. The number of esters is 1. The number of nitrogens with zero attached hydrogens (tertiary/aromatic N) is 5. The fraction of sp³-hybridized carbons (Fsp3) is 0.143. The molecule has 1 atom stereocenters. The molecular weight excluding hydrogens is 457 g/mol. The van der Waals surface area contributed by atoms with Crippen LogP contribution in [-0.4, -0.2) is 30.9 Å². The molecule has 0 radical (unpaired) electrons. The van der Waals surface area contributed by atoms with Gasteiger partial charge in [0.25, 0.3) is 11.6 Å². The quantitative estimate of drug-likeness (QED) is 0.222. The van der Waals surface area contributed by atoms with E-state index in [1.165, 1.54) is 53.2 Å². The second kappa shape index (κ2) is 8.79. The molecule has 0 saturated carbocycles. The molecule has 2 aromatic heterocycles. The highest BCUT2D eigenvalue weighted by atomic mass is 35.5. The molecule has 0 aliphatic carbocycles. The van der Waals surface area contributed by atoms with Gasteiger partial charge in [0.1, 0.15) is 16.5 Å². The van der Waals surface area contributed by atoms with Crippen molar-refractivity contribution in [1.82, 2.24) is 20.0 Å². The Morgan fingerprint density at radius 1 is 1.18 bits per heavy atom. The summed E-state index contributed by atoms with van der Waals surface area (Å²) in [5.74, 6) is -1.04. The summed E-state index contributed by atoms with van der Waals surface area (Å²) in [6.45, 7) is 3.13. The van der Waals surface area contributed by atoms with Crippen molar-refractivity contribution in [2.24, 2.45) is 0 Å². The largest absolute Gasteiger partial charge is 0.449 e. The average Bonchev–Trinajstić information content (AvgIpc) is 3.39. The molecule has 0 unspecified atom stereocenters. The molecule has 4 rings (SSSR count).